The SMILES string of the molecule is N#Cc1ccc2c(c1)c1cc(C#N)ccc1n2-c1ccc(-c2ccccc2-c2cccc(C#N)c2-n2c3c(c4ccccc42)CCC=C3)cc1. The highest BCUT2D eigenvalue weighted by atomic mass is 15.0. The van der Waals surface area contributed by atoms with Crippen LogP contribution in [-0.4, -0.2) is 9.13 Å². The van der Waals surface area contributed by atoms with Crippen LogP contribution in [0.3, 0.4) is 0 Å². The number of rotatable bonds is 4. The molecule has 0 bridgehead atoms. The van der Waals surface area contributed by atoms with Crippen LogP contribution in [0.4, 0.5) is 0 Å². The standard InChI is InChI=1S/C45H27N5/c46-26-29-16-22-43-39(24-29)40-25-30(27-47)17-23-44(40)49(43)33-20-18-31(19-21-33)34-9-1-2-10-35(34)38-13-7-8-32(28-48)45(38)50-41-14-5-3-11-36(41)37-12-4-6-15-42(37)50/h1-3,5-11,13-25H,4,12H2. The largest absolute Gasteiger partial charge is 0.309 e. The monoisotopic (exact) mass is 637 g/mol. The maximum atomic E-state index is 10.5. The van der Waals surface area contributed by atoms with Gasteiger partial charge in [-0.15, -0.1) is 0 Å². The van der Waals surface area contributed by atoms with E-state index in [0.29, 0.717) is 16.7 Å². The van der Waals surface area contributed by atoms with Crippen molar-refractivity contribution in [3.05, 3.63) is 161 Å². The Morgan fingerprint density at radius 3 is 1.86 bits per heavy atom. The van der Waals surface area contributed by atoms with Gasteiger partial charge >= 0.3 is 0 Å². The molecule has 2 heterocycles. The van der Waals surface area contributed by atoms with E-state index in [0.717, 1.165) is 79.5 Å². The van der Waals surface area contributed by atoms with E-state index in [4.69, 9.17) is 0 Å². The van der Waals surface area contributed by atoms with E-state index in [1.807, 2.05) is 48.5 Å². The van der Waals surface area contributed by atoms with E-state index in [-0.39, 0.29) is 0 Å². The van der Waals surface area contributed by atoms with Crippen molar-refractivity contribution in [2.24, 2.45) is 0 Å². The molecular weight excluding hydrogens is 611 g/mol. The van der Waals surface area contributed by atoms with Crippen molar-refractivity contribution in [1.82, 2.24) is 9.13 Å². The van der Waals surface area contributed by atoms with Crippen molar-refractivity contribution in [2.45, 2.75) is 12.8 Å². The molecule has 5 heteroatoms. The summed E-state index contributed by atoms with van der Waals surface area (Å²) >= 11 is 0. The summed E-state index contributed by atoms with van der Waals surface area (Å²) in [6.45, 7) is 0. The van der Waals surface area contributed by atoms with Crippen LogP contribution >= 0.6 is 0 Å². The zero-order chi connectivity index (χ0) is 33.8. The van der Waals surface area contributed by atoms with Crippen LogP contribution in [0, 0.1) is 34.0 Å². The minimum absolute atomic E-state index is 0.579. The third-order valence-corrected chi connectivity index (χ3v) is 9.91. The van der Waals surface area contributed by atoms with E-state index in [9.17, 15) is 15.8 Å². The van der Waals surface area contributed by atoms with Crippen molar-refractivity contribution >= 4 is 38.8 Å². The number of nitrogens with zero attached hydrogens (tertiary/aromatic N) is 5. The third-order valence-electron chi connectivity index (χ3n) is 9.91. The molecule has 0 radical (unpaired) electrons. The highest BCUT2D eigenvalue weighted by molar-refractivity contribution is 6.10. The van der Waals surface area contributed by atoms with Crippen molar-refractivity contribution in [1.29, 1.82) is 15.8 Å². The molecule has 6 aromatic carbocycles. The fourth-order valence-electron chi connectivity index (χ4n) is 7.72. The fourth-order valence-corrected chi connectivity index (χ4v) is 7.72. The summed E-state index contributed by atoms with van der Waals surface area (Å²) in [5, 5.41) is 32.8. The average Bonchev–Trinajstić information content (AvgIpc) is 3.69. The number of para-hydroxylation sites is 2. The van der Waals surface area contributed by atoms with E-state index < -0.39 is 0 Å². The number of hydrogen-bond acceptors (Lipinski definition) is 3. The summed E-state index contributed by atoms with van der Waals surface area (Å²) in [6, 6.07) is 49.9. The highest BCUT2D eigenvalue weighted by Gasteiger charge is 2.23. The number of aryl methyl sites for hydroxylation is 1. The Morgan fingerprint density at radius 2 is 1.16 bits per heavy atom. The first-order valence-electron chi connectivity index (χ1n) is 16.6. The molecule has 1 aliphatic rings. The van der Waals surface area contributed by atoms with E-state index >= 15 is 0 Å². The van der Waals surface area contributed by atoms with Gasteiger partial charge in [-0.1, -0.05) is 72.8 Å². The molecule has 2 aromatic heterocycles. The van der Waals surface area contributed by atoms with Crippen LogP contribution in [0.25, 0.3) is 72.4 Å². The van der Waals surface area contributed by atoms with Crippen LogP contribution in [0.2, 0.25) is 0 Å². The lowest BCUT2D eigenvalue weighted by atomic mass is 9.92. The van der Waals surface area contributed by atoms with Crippen molar-refractivity contribution in [3.8, 4) is 51.8 Å². The molecule has 9 rings (SSSR count). The second-order valence-corrected chi connectivity index (χ2v) is 12.6. The maximum absolute atomic E-state index is 10.5. The average molecular weight is 638 g/mol. The van der Waals surface area contributed by atoms with E-state index in [2.05, 4.69) is 118 Å². The van der Waals surface area contributed by atoms with Crippen LogP contribution in [0.1, 0.15) is 34.4 Å². The molecule has 232 valence electrons. The molecule has 5 nitrogen and oxygen atoms in total. The van der Waals surface area contributed by atoms with Gasteiger partial charge in [0.05, 0.1) is 51.1 Å². The van der Waals surface area contributed by atoms with E-state index in [1.54, 1.807) is 0 Å². The van der Waals surface area contributed by atoms with Gasteiger partial charge < -0.3 is 9.13 Å². The van der Waals surface area contributed by atoms with Crippen molar-refractivity contribution in [3.63, 3.8) is 0 Å². The Kier molecular flexibility index (Phi) is 6.70. The molecule has 1 aliphatic carbocycles. The second-order valence-electron chi connectivity index (χ2n) is 12.6. The first-order valence-corrected chi connectivity index (χ1v) is 16.6. The highest BCUT2D eigenvalue weighted by Crippen LogP contribution is 2.42. The molecule has 0 fully saturated rings. The second kappa shape index (κ2) is 11.5. The normalized spacial score (nSPS) is 12.1. The summed E-state index contributed by atoms with van der Waals surface area (Å²) < 4.78 is 4.47. The topological polar surface area (TPSA) is 81.2 Å². The van der Waals surface area contributed by atoms with E-state index in [1.165, 1.54) is 10.9 Å². The predicted octanol–water partition coefficient (Wildman–Crippen LogP) is 10.6. The van der Waals surface area contributed by atoms with Gasteiger partial charge in [0.15, 0.2) is 0 Å². The van der Waals surface area contributed by atoms with Gasteiger partial charge in [-0.05, 0) is 102 Å². The number of benzene rings is 6. The van der Waals surface area contributed by atoms with Gasteiger partial charge in [0.2, 0.25) is 0 Å². The molecule has 0 N–H and O–H groups in total. The Morgan fingerprint density at radius 1 is 0.520 bits per heavy atom. The Balaban J connectivity index is 1.22. The van der Waals surface area contributed by atoms with Gasteiger partial charge in [-0.3, -0.25) is 0 Å². The van der Waals surface area contributed by atoms with Crippen LogP contribution < -0.4 is 0 Å². The molecule has 0 spiro atoms. The summed E-state index contributed by atoms with van der Waals surface area (Å²) in [7, 11) is 0. The lowest BCUT2D eigenvalue weighted by Gasteiger charge is -2.19. The van der Waals surface area contributed by atoms with Crippen LogP contribution in [0.15, 0.2) is 133 Å². The molecule has 0 atom stereocenters. The van der Waals surface area contributed by atoms with Crippen LogP contribution in [-0.2, 0) is 6.42 Å². The van der Waals surface area contributed by atoms with Gasteiger partial charge in [-0.2, -0.15) is 15.8 Å². The Labute approximate surface area is 289 Å². The number of fused-ring (bicyclic) bond motifs is 6. The zero-order valence-electron chi connectivity index (χ0n) is 26.9. The Hall–Kier alpha value is -7.13. The third kappa shape index (κ3) is 4.37. The number of allylic oxidation sites excluding steroid dienone is 1. The lowest BCUT2D eigenvalue weighted by molar-refractivity contribution is 0.967. The first-order chi connectivity index (χ1) is 24.7. The first kappa shape index (κ1) is 29.0. The smallest absolute Gasteiger partial charge is 0.101 e. The summed E-state index contributed by atoms with van der Waals surface area (Å²) in [5.74, 6) is 0. The molecule has 8 aromatic rings. The molecule has 0 saturated heterocycles. The minimum Gasteiger partial charge on any atom is -0.309 e. The number of hydrogen-bond donors (Lipinski definition) is 0. The fraction of sp³-hybridized carbons (Fsp3) is 0.0444. The van der Waals surface area contributed by atoms with Gasteiger partial charge in [0, 0.05) is 33.1 Å². The minimum atomic E-state index is 0.579. The molecular formula is C45H27N5. The summed E-state index contributed by atoms with van der Waals surface area (Å²) in [4.78, 5) is 0. The quantitative estimate of drug-likeness (QED) is 0.193. The summed E-state index contributed by atoms with van der Waals surface area (Å²) in [6.07, 6.45) is 6.41. The predicted molar refractivity (Wildman–Crippen MR) is 200 cm³/mol. The zero-order valence-corrected chi connectivity index (χ0v) is 26.9. The molecule has 50 heavy (non-hydrogen) atoms. The van der Waals surface area contributed by atoms with Gasteiger partial charge in [0.1, 0.15) is 6.07 Å². The van der Waals surface area contributed by atoms with Gasteiger partial charge in [-0.25, -0.2) is 0 Å². The van der Waals surface area contributed by atoms with Crippen LogP contribution in [0.5, 0.6) is 0 Å². The maximum Gasteiger partial charge on any atom is 0.101 e. The van der Waals surface area contributed by atoms with Crippen molar-refractivity contribution < 1.29 is 0 Å². The Bertz CT molecular complexity index is 2770. The number of nitriles is 3. The lowest BCUT2D eigenvalue weighted by Crippen LogP contribution is -2.05. The van der Waals surface area contributed by atoms with Gasteiger partial charge in [0.25, 0.3) is 0 Å². The molecule has 0 aliphatic heterocycles. The molecule has 0 unspecified atom stereocenters. The number of aromatic nitrogens is 2. The molecule has 0 saturated carbocycles. The van der Waals surface area contributed by atoms with Crippen molar-refractivity contribution in [2.75, 3.05) is 0 Å². The molecule has 0 amide bonds. The summed E-state index contributed by atoms with van der Waals surface area (Å²) in [5.41, 5.74) is 13.3.